The molecule has 0 aromatic rings. The second-order valence-corrected chi connectivity index (χ2v) is 3.22. The van der Waals surface area contributed by atoms with E-state index in [0.717, 1.165) is 12.3 Å². The summed E-state index contributed by atoms with van der Waals surface area (Å²) >= 11 is 0. The van der Waals surface area contributed by atoms with Gasteiger partial charge >= 0.3 is 0 Å². The van der Waals surface area contributed by atoms with Crippen LogP contribution in [0.2, 0.25) is 0 Å². The van der Waals surface area contributed by atoms with Gasteiger partial charge in [0.25, 0.3) is 0 Å². The zero-order valence-corrected chi connectivity index (χ0v) is 6.55. The Balaban J connectivity index is 2.19. The van der Waals surface area contributed by atoms with Crippen LogP contribution in [0.1, 0.15) is 32.1 Å². The average Bonchev–Trinajstić information content (AvgIpc) is 2.31. The fourth-order valence-electron chi connectivity index (χ4n) is 1.76. The van der Waals surface area contributed by atoms with E-state index >= 15 is 0 Å². The molecular formula is C9H17N. The first-order valence-corrected chi connectivity index (χ1v) is 4.21. The van der Waals surface area contributed by atoms with Crippen molar-refractivity contribution in [1.29, 1.82) is 0 Å². The Morgan fingerprint density at radius 3 is 2.80 bits per heavy atom. The van der Waals surface area contributed by atoms with E-state index in [4.69, 9.17) is 5.73 Å². The minimum atomic E-state index is 0.486. The minimum Gasteiger partial charge on any atom is -0.327 e. The molecule has 0 aromatic heterocycles. The van der Waals surface area contributed by atoms with Gasteiger partial charge in [0.2, 0.25) is 0 Å². The standard InChI is InChI=1S/C9H17N/c1-2-3-5-8-6-4-7-9(8)10/h2,8-9H,1,3-7,10H2. The van der Waals surface area contributed by atoms with E-state index in [-0.39, 0.29) is 0 Å². The Morgan fingerprint density at radius 1 is 1.50 bits per heavy atom. The Morgan fingerprint density at radius 2 is 2.30 bits per heavy atom. The third kappa shape index (κ3) is 1.84. The van der Waals surface area contributed by atoms with Crippen LogP contribution in [0.4, 0.5) is 0 Å². The van der Waals surface area contributed by atoms with Crippen molar-refractivity contribution >= 4 is 0 Å². The first kappa shape index (κ1) is 7.80. The highest BCUT2D eigenvalue weighted by Gasteiger charge is 2.22. The molecule has 0 radical (unpaired) electrons. The van der Waals surface area contributed by atoms with E-state index in [9.17, 15) is 0 Å². The quantitative estimate of drug-likeness (QED) is 0.595. The van der Waals surface area contributed by atoms with Crippen LogP contribution >= 0.6 is 0 Å². The molecule has 1 aliphatic carbocycles. The van der Waals surface area contributed by atoms with Crippen molar-refractivity contribution in [2.45, 2.75) is 38.1 Å². The maximum absolute atomic E-state index is 5.89. The molecule has 58 valence electrons. The van der Waals surface area contributed by atoms with Gasteiger partial charge in [-0.25, -0.2) is 0 Å². The molecule has 0 saturated heterocycles. The lowest BCUT2D eigenvalue weighted by molar-refractivity contribution is 0.451. The predicted molar refractivity (Wildman–Crippen MR) is 44.7 cm³/mol. The number of allylic oxidation sites excluding steroid dienone is 1. The molecule has 0 heterocycles. The van der Waals surface area contributed by atoms with Gasteiger partial charge in [0.1, 0.15) is 0 Å². The van der Waals surface area contributed by atoms with Gasteiger partial charge in [-0.15, -0.1) is 6.58 Å². The van der Waals surface area contributed by atoms with Gasteiger partial charge in [-0.1, -0.05) is 12.5 Å². The van der Waals surface area contributed by atoms with Gasteiger partial charge in [0.15, 0.2) is 0 Å². The van der Waals surface area contributed by atoms with Crippen molar-refractivity contribution in [3.05, 3.63) is 12.7 Å². The van der Waals surface area contributed by atoms with E-state index in [1.54, 1.807) is 0 Å². The lowest BCUT2D eigenvalue weighted by Crippen LogP contribution is -2.23. The van der Waals surface area contributed by atoms with E-state index in [1.807, 2.05) is 6.08 Å². The smallest absolute Gasteiger partial charge is 0.00672 e. The molecule has 2 unspecified atom stereocenters. The van der Waals surface area contributed by atoms with Crippen LogP contribution in [0.25, 0.3) is 0 Å². The highest BCUT2D eigenvalue weighted by molar-refractivity contribution is 4.82. The van der Waals surface area contributed by atoms with Gasteiger partial charge in [0.05, 0.1) is 0 Å². The van der Waals surface area contributed by atoms with Crippen molar-refractivity contribution in [2.24, 2.45) is 11.7 Å². The number of rotatable bonds is 3. The van der Waals surface area contributed by atoms with Gasteiger partial charge < -0.3 is 5.73 Å². The molecule has 1 aliphatic rings. The van der Waals surface area contributed by atoms with E-state index in [0.29, 0.717) is 6.04 Å². The maximum atomic E-state index is 5.89. The minimum absolute atomic E-state index is 0.486. The summed E-state index contributed by atoms with van der Waals surface area (Å²) in [6.07, 6.45) is 8.30. The van der Waals surface area contributed by atoms with E-state index in [1.165, 1.54) is 25.7 Å². The van der Waals surface area contributed by atoms with Crippen LogP contribution in [-0.2, 0) is 0 Å². The predicted octanol–water partition coefficient (Wildman–Crippen LogP) is 2.08. The zero-order chi connectivity index (χ0) is 7.40. The average molecular weight is 139 g/mol. The summed E-state index contributed by atoms with van der Waals surface area (Å²) in [7, 11) is 0. The van der Waals surface area contributed by atoms with Crippen molar-refractivity contribution in [1.82, 2.24) is 0 Å². The molecule has 1 rings (SSSR count). The molecule has 0 aliphatic heterocycles. The molecule has 1 fully saturated rings. The Hall–Kier alpha value is -0.300. The molecule has 0 spiro atoms. The van der Waals surface area contributed by atoms with E-state index in [2.05, 4.69) is 6.58 Å². The largest absolute Gasteiger partial charge is 0.327 e. The summed E-state index contributed by atoms with van der Waals surface area (Å²) in [6, 6.07) is 0.486. The monoisotopic (exact) mass is 139 g/mol. The summed E-state index contributed by atoms with van der Waals surface area (Å²) in [5.74, 6) is 0.790. The van der Waals surface area contributed by atoms with Crippen molar-refractivity contribution in [3.63, 3.8) is 0 Å². The highest BCUT2D eigenvalue weighted by Crippen LogP contribution is 2.27. The highest BCUT2D eigenvalue weighted by atomic mass is 14.7. The number of hydrogen-bond acceptors (Lipinski definition) is 1. The molecule has 0 bridgehead atoms. The number of nitrogens with two attached hydrogens (primary N) is 1. The summed E-state index contributed by atoms with van der Waals surface area (Å²) in [5, 5.41) is 0. The van der Waals surface area contributed by atoms with Crippen LogP contribution in [0.5, 0.6) is 0 Å². The Bertz CT molecular complexity index is 109. The molecule has 0 amide bonds. The van der Waals surface area contributed by atoms with Gasteiger partial charge in [-0.3, -0.25) is 0 Å². The SMILES string of the molecule is C=CCCC1CCCC1N. The molecule has 2 N–H and O–H groups in total. The van der Waals surface area contributed by atoms with Crippen LogP contribution in [0.15, 0.2) is 12.7 Å². The lowest BCUT2D eigenvalue weighted by Gasteiger charge is -2.12. The normalized spacial score (nSPS) is 32.5. The first-order valence-electron chi connectivity index (χ1n) is 4.21. The van der Waals surface area contributed by atoms with E-state index < -0.39 is 0 Å². The second-order valence-electron chi connectivity index (χ2n) is 3.22. The van der Waals surface area contributed by atoms with Crippen molar-refractivity contribution in [3.8, 4) is 0 Å². The molecule has 0 aromatic carbocycles. The third-order valence-electron chi connectivity index (χ3n) is 2.46. The topological polar surface area (TPSA) is 26.0 Å². The van der Waals surface area contributed by atoms with Gasteiger partial charge in [0, 0.05) is 6.04 Å². The van der Waals surface area contributed by atoms with Crippen molar-refractivity contribution in [2.75, 3.05) is 0 Å². The summed E-state index contributed by atoms with van der Waals surface area (Å²) in [6.45, 7) is 3.71. The Labute approximate surface area is 63.3 Å². The Kier molecular flexibility index (Phi) is 2.94. The van der Waals surface area contributed by atoms with Crippen LogP contribution in [0.3, 0.4) is 0 Å². The fourth-order valence-corrected chi connectivity index (χ4v) is 1.76. The molecule has 2 atom stereocenters. The zero-order valence-electron chi connectivity index (χ0n) is 6.55. The second kappa shape index (κ2) is 3.77. The maximum Gasteiger partial charge on any atom is 0.00672 e. The van der Waals surface area contributed by atoms with Crippen molar-refractivity contribution < 1.29 is 0 Å². The molecule has 10 heavy (non-hydrogen) atoms. The molecule has 1 nitrogen and oxygen atoms in total. The lowest BCUT2D eigenvalue weighted by atomic mass is 9.98. The van der Waals surface area contributed by atoms with Gasteiger partial charge in [-0.05, 0) is 31.6 Å². The molecule has 1 saturated carbocycles. The molecule has 1 heteroatoms. The third-order valence-corrected chi connectivity index (χ3v) is 2.46. The number of hydrogen-bond donors (Lipinski definition) is 1. The fraction of sp³-hybridized carbons (Fsp3) is 0.778. The first-order chi connectivity index (χ1) is 4.84. The van der Waals surface area contributed by atoms with Crippen LogP contribution in [-0.4, -0.2) is 6.04 Å². The molecular weight excluding hydrogens is 122 g/mol. The van der Waals surface area contributed by atoms with Gasteiger partial charge in [-0.2, -0.15) is 0 Å². The summed E-state index contributed by atoms with van der Waals surface area (Å²) in [4.78, 5) is 0. The summed E-state index contributed by atoms with van der Waals surface area (Å²) < 4.78 is 0. The van der Waals surface area contributed by atoms with Crippen LogP contribution < -0.4 is 5.73 Å². The van der Waals surface area contributed by atoms with Crippen LogP contribution in [0, 0.1) is 5.92 Å². The summed E-state index contributed by atoms with van der Waals surface area (Å²) in [5.41, 5.74) is 5.89.